The zero-order chi connectivity index (χ0) is 17.6. The van der Waals surface area contributed by atoms with Crippen molar-refractivity contribution in [3.63, 3.8) is 0 Å². The summed E-state index contributed by atoms with van der Waals surface area (Å²) < 4.78 is 32.9. The van der Waals surface area contributed by atoms with Crippen LogP contribution in [0.4, 0.5) is 5.69 Å². The molecule has 0 amide bonds. The fraction of sp³-hybridized carbons (Fsp3) is 0.368. The first kappa shape index (κ1) is 18.3. The molecule has 2 aromatic rings. The molecule has 0 aliphatic carbocycles. The van der Waals surface area contributed by atoms with E-state index in [1.54, 1.807) is 6.07 Å². The molecule has 0 saturated heterocycles. The van der Waals surface area contributed by atoms with Gasteiger partial charge in [0.05, 0.1) is 11.4 Å². The lowest BCUT2D eigenvalue weighted by molar-refractivity contribution is 0.302. The molecule has 0 unspecified atom stereocenters. The van der Waals surface area contributed by atoms with E-state index in [1.807, 2.05) is 57.2 Å². The lowest BCUT2D eigenvalue weighted by Crippen LogP contribution is -2.17. The van der Waals surface area contributed by atoms with Gasteiger partial charge in [0.25, 0.3) is 0 Å². The highest BCUT2D eigenvalue weighted by Gasteiger charge is 2.15. The second-order valence-corrected chi connectivity index (χ2v) is 7.77. The number of ether oxygens (including phenoxy) is 1. The first-order chi connectivity index (χ1) is 11.4. The van der Waals surface area contributed by atoms with E-state index in [1.165, 1.54) is 0 Å². The van der Waals surface area contributed by atoms with Crippen LogP contribution in [0.2, 0.25) is 0 Å². The molecule has 1 N–H and O–H groups in total. The number of benzene rings is 2. The Bertz CT molecular complexity index is 771. The molecule has 0 aromatic heterocycles. The fourth-order valence-electron chi connectivity index (χ4n) is 2.44. The molecule has 2 rings (SSSR count). The zero-order valence-electron chi connectivity index (χ0n) is 14.5. The monoisotopic (exact) mass is 347 g/mol. The molecule has 0 aliphatic heterocycles. The first-order valence-electron chi connectivity index (χ1n) is 8.20. The zero-order valence-corrected chi connectivity index (χ0v) is 15.3. The van der Waals surface area contributed by atoms with E-state index in [9.17, 15) is 8.42 Å². The lowest BCUT2D eigenvalue weighted by Gasteiger charge is -2.17. The second kappa shape index (κ2) is 8.20. The summed E-state index contributed by atoms with van der Waals surface area (Å²) in [6, 6.07) is 13.6. The molecular weight excluding hydrogens is 322 g/mol. The maximum atomic E-state index is 12.1. The number of unbranched alkanes of at least 4 members (excludes halogenated alkanes) is 1. The summed E-state index contributed by atoms with van der Waals surface area (Å²) in [5.41, 5.74) is 3.45. The summed E-state index contributed by atoms with van der Waals surface area (Å²) in [6.45, 7) is 6.27. The van der Waals surface area contributed by atoms with Gasteiger partial charge in [-0.2, -0.15) is 0 Å². The number of aryl methyl sites for hydroxylation is 1. The van der Waals surface area contributed by atoms with Gasteiger partial charge in [0.1, 0.15) is 12.4 Å². The Balaban J connectivity index is 2.17. The van der Waals surface area contributed by atoms with Crippen molar-refractivity contribution in [2.75, 3.05) is 10.5 Å². The highest BCUT2D eigenvalue weighted by Crippen LogP contribution is 2.31. The minimum absolute atomic E-state index is 0.136. The number of hydrogen-bond acceptors (Lipinski definition) is 3. The molecule has 130 valence electrons. The van der Waals surface area contributed by atoms with Gasteiger partial charge in [-0.1, -0.05) is 49.7 Å². The Morgan fingerprint density at radius 3 is 2.42 bits per heavy atom. The molecule has 0 aliphatic rings. The molecule has 5 heteroatoms. The summed E-state index contributed by atoms with van der Waals surface area (Å²) in [6.07, 6.45) is 1.50. The molecule has 0 saturated carbocycles. The quantitative estimate of drug-likeness (QED) is 0.769. The lowest BCUT2D eigenvalue weighted by atomic mass is 10.1. The number of anilines is 1. The Morgan fingerprint density at radius 2 is 1.75 bits per heavy atom. The van der Waals surface area contributed by atoms with E-state index in [-0.39, 0.29) is 5.75 Å². The van der Waals surface area contributed by atoms with Gasteiger partial charge in [0.2, 0.25) is 10.0 Å². The molecule has 0 radical (unpaired) electrons. The molecule has 24 heavy (non-hydrogen) atoms. The highest BCUT2D eigenvalue weighted by molar-refractivity contribution is 7.92. The molecule has 0 fully saturated rings. The van der Waals surface area contributed by atoms with Crippen molar-refractivity contribution < 1.29 is 13.2 Å². The number of nitrogens with one attached hydrogen (secondary N) is 1. The molecule has 0 atom stereocenters. The van der Waals surface area contributed by atoms with Crippen molar-refractivity contribution in [1.82, 2.24) is 0 Å². The third kappa shape index (κ3) is 4.99. The van der Waals surface area contributed by atoms with Gasteiger partial charge in [-0.25, -0.2) is 8.42 Å². The summed E-state index contributed by atoms with van der Waals surface area (Å²) >= 11 is 0. The van der Waals surface area contributed by atoms with Gasteiger partial charge in [-0.15, -0.1) is 0 Å². The third-order valence-corrected chi connectivity index (χ3v) is 5.22. The average molecular weight is 347 g/mol. The number of hydrogen-bond donors (Lipinski definition) is 1. The van der Waals surface area contributed by atoms with Crippen LogP contribution in [0.25, 0.3) is 0 Å². The Labute approximate surface area is 144 Å². The van der Waals surface area contributed by atoms with Crippen LogP contribution in [0.3, 0.4) is 0 Å². The Kier molecular flexibility index (Phi) is 6.26. The average Bonchev–Trinajstić information content (AvgIpc) is 2.56. The third-order valence-electron chi connectivity index (χ3n) is 3.86. The maximum Gasteiger partial charge on any atom is 0.232 e. The van der Waals surface area contributed by atoms with E-state index in [0.29, 0.717) is 18.7 Å². The van der Waals surface area contributed by atoms with Crippen molar-refractivity contribution in [2.24, 2.45) is 0 Å². The molecular formula is C19H25NO3S. The number of sulfonamides is 1. The van der Waals surface area contributed by atoms with Crippen molar-refractivity contribution in [3.05, 3.63) is 59.2 Å². The second-order valence-electron chi connectivity index (χ2n) is 5.93. The smallest absolute Gasteiger partial charge is 0.232 e. The van der Waals surface area contributed by atoms with Gasteiger partial charge in [-0.3, -0.25) is 4.72 Å². The van der Waals surface area contributed by atoms with Gasteiger partial charge < -0.3 is 4.74 Å². The molecule has 4 nitrogen and oxygen atoms in total. The molecule has 0 heterocycles. The fourth-order valence-corrected chi connectivity index (χ4v) is 3.77. The summed E-state index contributed by atoms with van der Waals surface area (Å²) in [7, 11) is -3.32. The normalized spacial score (nSPS) is 11.3. The Morgan fingerprint density at radius 1 is 1.04 bits per heavy atom. The molecule has 2 aromatic carbocycles. The van der Waals surface area contributed by atoms with E-state index in [0.717, 1.165) is 28.9 Å². The topological polar surface area (TPSA) is 55.4 Å². The Hall–Kier alpha value is -2.01. The van der Waals surface area contributed by atoms with Crippen molar-refractivity contribution >= 4 is 15.7 Å². The summed E-state index contributed by atoms with van der Waals surface area (Å²) in [5.74, 6) is 0.867. The van der Waals surface area contributed by atoms with E-state index >= 15 is 0 Å². The summed E-state index contributed by atoms with van der Waals surface area (Å²) in [5, 5.41) is 0. The van der Waals surface area contributed by atoms with Gasteiger partial charge >= 0.3 is 0 Å². The van der Waals surface area contributed by atoms with Crippen LogP contribution in [0, 0.1) is 13.8 Å². The van der Waals surface area contributed by atoms with Gasteiger partial charge in [0.15, 0.2) is 0 Å². The first-order valence-corrected chi connectivity index (χ1v) is 9.85. The van der Waals surface area contributed by atoms with Crippen LogP contribution in [0.1, 0.15) is 36.5 Å². The maximum absolute atomic E-state index is 12.1. The standard InChI is InChI=1S/C19H25NO3S/c1-4-5-13-24(21,22)20-18-12-11-15(2)19(16(18)3)23-14-17-9-7-6-8-10-17/h6-12,20H,4-5,13-14H2,1-3H3. The minimum Gasteiger partial charge on any atom is -0.488 e. The van der Waals surface area contributed by atoms with E-state index in [4.69, 9.17) is 4.74 Å². The van der Waals surface area contributed by atoms with Gasteiger partial charge in [-0.05, 0) is 37.5 Å². The highest BCUT2D eigenvalue weighted by atomic mass is 32.2. The molecule has 0 bridgehead atoms. The van der Waals surface area contributed by atoms with Crippen LogP contribution in [-0.4, -0.2) is 14.2 Å². The van der Waals surface area contributed by atoms with Crippen LogP contribution < -0.4 is 9.46 Å². The number of rotatable bonds is 8. The van der Waals surface area contributed by atoms with E-state index < -0.39 is 10.0 Å². The van der Waals surface area contributed by atoms with Crippen molar-refractivity contribution in [3.8, 4) is 5.75 Å². The summed E-state index contributed by atoms with van der Waals surface area (Å²) in [4.78, 5) is 0. The van der Waals surface area contributed by atoms with Gasteiger partial charge in [0, 0.05) is 5.56 Å². The SMILES string of the molecule is CCCCS(=O)(=O)Nc1ccc(C)c(OCc2ccccc2)c1C. The van der Waals surface area contributed by atoms with E-state index in [2.05, 4.69) is 4.72 Å². The van der Waals surface area contributed by atoms with Crippen molar-refractivity contribution in [1.29, 1.82) is 0 Å². The van der Waals surface area contributed by atoms with Crippen LogP contribution >= 0.6 is 0 Å². The van der Waals surface area contributed by atoms with Crippen LogP contribution in [-0.2, 0) is 16.6 Å². The van der Waals surface area contributed by atoms with Crippen LogP contribution in [0.5, 0.6) is 5.75 Å². The minimum atomic E-state index is -3.32. The largest absolute Gasteiger partial charge is 0.488 e. The van der Waals surface area contributed by atoms with Crippen molar-refractivity contribution in [2.45, 2.75) is 40.2 Å². The predicted octanol–water partition coefficient (Wildman–Crippen LogP) is 4.42. The van der Waals surface area contributed by atoms with Crippen LogP contribution in [0.15, 0.2) is 42.5 Å². The molecule has 0 spiro atoms. The predicted molar refractivity (Wildman–Crippen MR) is 99.0 cm³/mol.